The molecule has 1 aliphatic heterocycles. The van der Waals surface area contributed by atoms with E-state index in [2.05, 4.69) is 20.2 Å². The number of nitrogens with zero attached hydrogens (tertiary/aromatic N) is 3. The third kappa shape index (κ3) is 3.40. The fourth-order valence-electron chi connectivity index (χ4n) is 4.52. The van der Waals surface area contributed by atoms with Gasteiger partial charge in [-0.1, -0.05) is 30.3 Å². The number of nitrogens with one attached hydrogen (secondary N) is 1. The minimum absolute atomic E-state index is 0.261. The van der Waals surface area contributed by atoms with E-state index in [9.17, 15) is 9.90 Å². The summed E-state index contributed by atoms with van der Waals surface area (Å²) in [4.78, 5) is 24.1. The first-order chi connectivity index (χ1) is 15.6. The number of aliphatic hydroxyl groups is 1. The van der Waals surface area contributed by atoms with Crippen molar-refractivity contribution in [3.8, 4) is 0 Å². The first-order valence-electron chi connectivity index (χ1n) is 10.6. The molecular weight excluding hydrogens is 404 g/mol. The van der Waals surface area contributed by atoms with Gasteiger partial charge in [-0.3, -0.25) is 9.78 Å². The van der Waals surface area contributed by atoms with Gasteiger partial charge < -0.3 is 19.7 Å². The molecule has 0 bridgehead atoms. The Morgan fingerprint density at radius 3 is 2.72 bits per heavy atom. The summed E-state index contributed by atoms with van der Waals surface area (Å²) >= 11 is 0. The first kappa shape index (κ1) is 20.2. The van der Waals surface area contributed by atoms with E-state index in [1.807, 2.05) is 55.5 Å². The Balaban J connectivity index is 1.49. The number of furan rings is 1. The zero-order valence-electron chi connectivity index (χ0n) is 17.7. The van der Waals surface area contributed by atoms with Gasteiger partial charge in [0, 0.05) is 36.4 Å². The summed E-state index contributed by atoms with van der Waals surface area (Å²) in [6.45, 7) is 2.74. The smallest absolute Gasteiger partial charge is 0.288 e. The zero-order valence-corrected chi connectivity index (χ0v) is 17.7. The number of pyridine rings is 2. The molecule has 0 radical (unpaired) electrons. The Bertz CT molecular complexity index is 1250. The molecule has 0 saturated carbocycles. The van der Waals surface area contributed by atoms with Crippen LogP contribution in [0.25, 0.3) is 10.9 Å². The maximum atomic E-state index is 13.1. The van der Waals surface area contributed by atoms with Crippen LogP contribution in [0.2, 0.25) is 0 Å². The highest BCUT2D eigenvalue weighted by molar-refractivity contribution is 5.93. The van der Waals surface area contributed by atoms with E-state index in [4.69, 9.17) is 4.42 Å². The summed E-state index contributed by atoms with van der Waals surface area (Å²) in [5.74, 6) is 0.706. The number of rotatable bonds is 4. The molecule has 1 saturated heterocycles. The zero-order chi connectivity index (χ0) is 22.1. The van der Waals surface area contributed by atoms with Gasteiger partial charge in [-0.05, 0) is 43.2 Å². The van der Waals surface area contributed by atoms with Crippen molar-refractivity contribution in [3.63, 3.8) is 0 Å². The Labute approximate surface area is 185 Å². The fourth-order valence-corrected chi connectivity index (χ4v) is 4.52. The van der Waals surface area contributed by atoms with Crippen LogP contribution in [0.5, 0.6) is 0 Å². The number of anilines is 1. The highest BCUT2D eigenvalue weighted by Crippen LogP contribution is 2.36. The van der Waals surface area contributed by atoms with Gasteiger partial charge in [0.05, 0.1) is 23.4 Å². The van der Waals surface area contributed by atoms with Gasteiger partial charge in [0.25, 0.3) is 5.91 Å². The summed E-state index contributed by atoms with van der Waals surface area (Å²) in [5.41, 5.74) is 1.52. The summed E-state index contributed by atoms with van der Waals surface area (Å²) in [5, 5.41) is 15.5. The number of piperidine rings is 1. The Morgan fingerprint density at radius 2 is 1.97 bits per heavy atom. The molecule has 1 aliphatic rings. The number of fused-ring (bicyclic) bond motifs is 1. The molecule has 7 nitrogen and oxygen atoms in total. The summed E-state index contributed by atoms with van der Waals surface area (Å²) in [6, 6.07) is 17.1. The molecule has 0 spiro atoms. The average molecular weight is 428 g/mol. The van der Waals surface area contributed by atoms with Gasteiger partial charge in [-0.2, -0.15) is 0 Å². The van der Waals surface area contributed by atoms with Crippen molar-refractivity contribution >= 4 is 22.6 Å². The number of benzene rings is 1. The minimum atomic E-state index is -0.948. The second-order valence-electron chi connectivity index (χ2n) is 8.14. The van der Waals surface area contributed by atoms with Crippen molar-refractivity contribution < 1.29 is 14.3 Å². The van der Waals surface area contributed by atoms with Gasteiger partial charge in [0.2, 0.25) is 0 Å². The van der Waals surface area contributed by atoms with Crippen molar-refractivity contribution in [3.05, 3.63) is 90.1 Å². The molecular formula is C25H24N4O3. The Morgan fingerprint density at radius 1 is 1.12 bits per heavy atom. The number of amides is 1. The second kappa shape index (κ2) is 8.09. The van der Waals surface area contributed by atoms with E-state index < -0.39 is 11.6 Å². The van der Waals surface area contributed by atoms with Crippen LogP contribution in [0.3, 0.4) is 0 Å². The third-order valence-corrected chi connectivity index (χ3v) is 6.24. The van der Waals surface area contributed by atoms with Crippen LogP contribution in [0.15, 0.2) is 77.7 Å². The monoisotopic (exact) mass is 428 g/mol. The number of carbonyl (C=O) groups is 1. The maximum Gasteiger partial charge on any atom is 0.288 e. The molecule has 0 unspecified atom stereocenters. The number of hydrogen-bond donors (Lipinski definition) is 2. The summed E-state index contributed by atoms with van der Waals surface area (Å²) in [6.07, 6.45) is 4.62. The fraction of sp³-hybridized carbons (Fsp3) is 0.240. The molecule has 32 heavy (non-hydrogen) atoms. The largest absolute Gasteiger partial charge is 0.459 e. The quantitative estimate of drug-likeness (QED) is 0.518. The Kier molecular flexibility index (Phi) is 5.11. The molecule has 1 aromatic carbocycles. The van der Waals surface area contributed by atoms with E-state index in [0.29, 0.717) is 19.5 Å². The molecule has 4 heterocycles. The van der Waals surface area contributed by atoms with Crippen molar-refractivity contribution in [2.24, 2.45) is 0 Å². The van der Waals surface area contributed by atoms with Crippen LogP contribution in [-0.2, 0) is 5.54 Å². The summed E-state index contributed by atoms with van der Waals surface area (Å²) < 4.78 is 5.40. The van der Waals surface area contributed by atoms with E-state index in [1.165, 1.54) is 6.26 Å². The summed E-state index contributed by atoms with van der Waals surface area (Å²) in [7, 11) is 0. The second-order valence-corrected chi connectivity index (χ2v) is 8.14. The standard InChI is InChI=1S/C25H24N4O3/c1-17-10-15-32-22(17)24(31)28-25(18-6-3-2-4-7-18)11-14-29(16-21(25)30)23-19-8-5-12-26-20(19)9-13-27-23/h2-10,12-13,15,21,30H,11,14,16H2,1H3,(H,28,31)/t21-,25+/m1/s1. The van der Waals surface area contributed by atoms with E-state index in [1.54, 1.807) is 18.5 Å². The van der Waals surface area contributed by atoms with Gasteiger partial charge >= 0.3 is 0 Å². The van der Waals surface area contributed by atoms with Crippen LogP contribution >= 0.6 is 0 Å². The average Bonchev–Trinajstić information content (AvgIpc) is 3.26. The molecule has 2 atom stereocenters. The SMILES string of the molecule is Cc1ccoc1C(=O)N[C@]1(c2ccccc2)CCN(c2nccc3ncccc23)C[C@H]1O. The molecule has 5 rings (SSSR count). The van der Waals surface area contributed by atoms with Crippen LogP contribution < -0.4 is 10.2 Å². The Hall–Kier alpha value is -3.71. The van der Waals surface area contributed by atoms with Crippen LogP contribution in [-0.4, -0.2) is 40.2 Å². The lowest BCUT2D eigenvalue weighted by molar-refractivity contribution is 0.0353. The molecule has 4 aromatic rings. The van der Waals surface area contributed by atoms with Gasteiger partial charge in [-0.15, -0.1) is 0 Å². The number of carbonyl (C=O) groups excluding carboxylic acids is 1. The lowest BCUT2D eigenvalue weighted by Crippen LogP contribution is -2.62. The minimum Gasteiger partial charge on any atom is -0.459 e. The third-order valence-electron chi connectivity index (χ3n) is 6.24. The molecule has 7 heteroatoms. The van der Waals surface area contributed by atoms with Crippen molar-refractivity contribution in [1.82, 2.24) is 15.3 Å². The lowest BCUT2D eigenvalue weighted by Gasteiger charge is -2.46. The predicted octanol–water partition coefficient (Wildman–Crippen LogP) is 3.43. The highest BCUT2D eigenvalue weighted by atomic mass is 16.3. The van der Waals surface area contributed by atoms with Crippen molar-refractivity contribution in [1.29, 1.82) is 0 Å². The van der Waals surface area contributed by atoms with Crippen LogP contribution in [0.4, 0.5) is 5.82 Å². The van der Waals surface area contributed by atoms with E-state index >= 15 is 0 Å². The molecule has 162 valence electrons. The molecule has 1 amide bonds. The van der Waals surface area contributed by atoms with Gasteiger partial charge in [-0.25, -0.2) is 4.98 Å². The molecule has 1 fully saturated rings. The number of aliphatic hydroxyl groups excluding tert-OH is 1. The van der Waals surface area contributed by atoms with Crippen LogP contribution in [0, 0.1) is 6.92 Å². The number of hydrogen-bond acceptors (Lipinski definition) is 6. The highest BCUT2D eigenvalue weighted by Gasteiger charge is 2.46. The van der Waals surface area contributed by atoms with E-state index in [0.717, 1.165) is 27.8 Å². The number of β-amino-alcohol motifs (C(OH)–C–C–N with tert-alkyl or cyclic N) is 1. The first-order valence-corrected chi connectivity index (χ1v) is 10.6. The lowest BCUT2D eigenvalue weighted by atomic mass is 9.78. The van der Waals surface area contributed by atoms with Gasteiger partial charge in [0.15, 0.2) is 5.76 Å². The molecule has 0 aliphatic carbocycles. The van der Waals surface area contributed by atoms with Crippen molar-refractivity contribution in [2.45, 2.75) is 25.0 Å². The normalized spacial score (nSPS) is 20.9. The molecule has 3 aromatic heterocycles. The molecule has 2 N–H and O–H groups in total. The van der Waals surface area contributed by atoms with Crippen LogP contribution in [0.1, 0.15) is 28.1 Å². The van der Waals surface area contributed by atoms with Gasteiger partial charge in [0.1, 0.15) is 5.82 Å². The number of aromatic nitrogens is 2. The topological polar surface area (TPSA) is 91.5 Å². The van der Waals surface area contributed by atoms with Crippen molar-refractivity contribution in [2.75, 3.05) is 18.0 Å². The van der Waals surface area contributed by atoms with E-state index in [-0.39, 0.29) is 11.7 Å². The maximum absolute atomic E-state index is 13.1. The predicted molar refractivity (Wildman–Crippen MR) is 121 cm³/mol. The number of aryl methyl sites for hydroxylation is 1.